The monoisotopic (exact) mass is 461 g/mol. The van der Waals surface area contributed by atoms with Gasteiger partial charge in [-0.25, -0.2) is 19.6 Å². The number of thiazole rings is 1. The number of hydrogen-bond donors (Lipinski definition) is 0. The van der Waals surface area contributed by atoms with E-state index in [1.165, 1.54) is 18.5 Å². The third kappa shape index (κ3) is 3.51. The zero-order chi connectivity index (χ0) is 22.7. The van der Waals surface area contributed by atoms with Crippen LogP contribution in [0.25, 0.3) is 16.4 Å². The van der Waals surface area contributed by atoms with E-state index in [0.717, 1.165) is 46.8 Å². The van der Waals surface area contributed by atoms with Gasteiger partial charge in [-0.05, 0) is 37.8 Å². The molecule has 2 aliphatic rings. The fourth-order valence-electron chi connectivity index (χ4n) is 4.42. The van der Waals surface area contributed by atoms with Gasteiger partial charge in [0.2, 0.25) is 5.88 Å². The van der Waals surface area contributed by atoms with Crippen LogP contribution >= 0.6 is 11.3 Å². The predicted octanol–water partition coefficient (Wildman–Crippen LogP) is 4.74. The molecule has 1 unspecified atom stereocenters. The molecule has 1 aliphatic heterocycles. The standard InChI is InChI=1S/C24H27N7OS/c1-15-10-30(21-9-19(24(3)7-8-24)28-31(21)11-15)20-13-33-23(27-20)17-5-6-18(22(26-17)32-4)29-12-16(2)25-14-29/h5-6,9,12-15H,7-8,10-11H2,1-4H3. The Labute approximate surface area is 196 Å². The van der Waals surface area contributed by atoms with Crippen LogP contribution in [0.4, 0.5) is 11.6 Å². The summed E-state index contributed by atoms with van der Waals surface area (Å²) in [5.74, 6) is 3.14. The van der Waals surface area contributed by atoms with Gasteiger partial charge in [0.05, 0.1) is 24.8 Å². The number of rotatable bonds is 5. The molecule has 1 aliphatic carbocycles. The summed E-state index contributed by atoms with van der Waals surface area (Å²) in [6.45, 7) is 8.42. The lowest BCUT2D eigenvalue weighted by molar-refractivity contribution is 0.396. The average molecular weight is 462 g/mol. The minimum atomic E-state index is 0.252. The first-order chi connectivity index (χ1) is 15.9. The van der Waals surface area contributed by atoms with E-state index in [2.05, 4.69) is 39.9 Å². The molecule has 9 heteroatoms. The molecule has 1 fully saturated rings. The van der Waals surface area contributed by atoms with Crippen LogP contribution in [-0.4, -0.2) is 43.0 Å². The lowest BCUT2D eigenvalue weighted by Gasteiger charge is -2.31. The SMILES string of the molecule is COc1nc(-c2nc(N3CC(C)Cn4nc(C5(C)CC5)cc43)cs2)ccc1-n1cnc(C)c1. The molecule has 0 aromatic carbocycles. The van der Waals surface area contributed by atoms with Gasteiger partial charge in [-0.2, -0.15) is 5.10 Å². The van der Waals surface area contributed by atoms with Crippen LogP contribution in [0.3, 0.4) is 0 Å². The van der Waals surface area contributed by atoms with E-state index in [9.17, 15) is 0 Å². The van der Waals surface area contributed by atoms with Gasteiger partial charge in [0.15, 0.2) is 0 Å². The van der Waals surface area contributed by atoms with E-state index >= 15 is 0 Å². The summed E-state index contributed by atoms with van der Waals surface area (Å²) < 4.78 is 9.68. The number of aromatic nitrogens is 6. The van der Waals surface area contributed by atoms with Crippen LogP contribution in [0.5, 0.6) is 5.88 Å². The molecule has 0 saturated heterocycles. The first kappa shape index (κ1) is 20.4. The van der Waals surface area contributed by atoms with Crippen LogP contribution in [0.2, 0.25) is 0 Å². The number of methoxy groups -OCH3 is 1. The van der Waals surface area contributed by atoms with E-state index in [0.29, 0.717) is 11.8 Å². The fourth-order valence-corrected chi connectivity index (χ4v) is 5.20. The Hall–Kier alpha value is -3.20. The van der Waals surface area contributed by atoms with Crippen molar-refractivity contribution < 1.29 is 4.74 Å². The van der Waals surface area contributed by atoms with Gasteiger partial charge in [-0.3, -0.25) is 0 Å². The molecule has 0 bridgehead atoms. The van der Waals surface area contributed by atoms with Gasteiger partial charge < -0.3 is 14.2 Å². The molecular formula is C24H27N7OS. The van der Waals surface area contributed by atoms with Crippen molar-refractivity contribution in [2.45, 2.75) is 45.6 Å². The van der Waals surface area contributed by atoms with Gasteiger partial charge >= 0.3 is 0 Å². The van der Waals surface area contributed by atoms with Gasteiger partial charge in [-0.1, -0.05) is 13.8 Å². The van der Waals surface area contributed by atoms with Crippen molar-refractivity contribution in [3.63, 3.8) is 0 Å². The van der Waals surface area contributed by atoms with Gasteiger partial charge in [0.1, 0.15) is 28.0 Å². The molecule has 0 radical (unpaired) electrons. The topological polar surface area (TPSA) is 73.9 Å². The number of imidazole rings is 1. The van der Waals surface area contributed by atoms with Crippen molar-refractivity contribution in [1.29, 1.82) is 0 Å². The lowest BCUT2D eigenvalue weighted by atomic mass is 10.1. The van der Waals surface area contributed by atoms with Gasteiger partial charge in [0.25, 0.3) is 0 Å². The summed E-state index contributed by atoms with van der Waals surface area (Å²) in [6.07, 6.45) is 6.18. The maximum absolute atomic E-state index is 5.59. The highest BCUT2D eigenvalue weighted by atomic mass is 32.1. The quantitative estimate of drug-likeness (QED) is 0.427. The molecular weight excluding hydrogens is 434 g/mol. The Morgan fingerprint density at radius 3 is 2.76 bits per heavy atom. The second-order valence-electron chi connectivity index (χ2n) is 9.50. The number of pyridine rings is 1. The third-order valence-electron chi connectivity index (χ3n) is 6.64. The van der Waals surface area contributed by atoms with E-state index in [4.69, 9.17) is 19.8 Å². The Bertz CT molecular complexity index is 1330. The number of ether oxygens (including phenoxy) is 1. The number of aryl methyl sites for hydroxylation is 1. The molecule has 6 rings (SSSR count). The van der Waals surface area contributed by atoms with Gasteiger partial charge in [-0.15, -0.1) is 11.3 Å². The lowest BCUT2D eigenvalue weighted by Crippen LogP contribution is -2.34. The van der Waals surface area contributed by atoms with Crippen molar-refractivity contribution in [3.8, 4) is 22.3 Å². The Balaban J connectivity index is 1.33. The highest BCUT2D eigenvalue weighted by molar-refractivity contribution is 7.13. The maximum atomic E-state index is 5.59. The first-order valence-electron chi connectivity index (χ1n) is 11.3. The van der Waals surface area contributed by atoms with Crippen LogP contribution in [-0.2, 0) is 12.0 Å². The zero-order valence-corrected chi connectivity index (χ0v) is 20.1. The molecule has 1 saturated carbocycles. The highest BCUT2D eigenvalue weighted by Gasteiger charge is 2.42. The number of anilines is 2. The number of fused-ring (bicyclic) bond motifs is 1. The summed E-state index contributed by atoms with van der Waals surface area (Å²) in [7, 11) is 1.64. The van der Waals surface area contributed by atoms with Crippen LogP contribution in [0.1, 0.15) is 38.1 Å². The molecule has 4 aromatic rings. The normalized spacial score (nSPS) is 18.9. The zero-order valence-electron chi connectivity index (χ0n) is 19.3. The smallest absolute Gasteiger partial charge is 0.238 e. The fraction of sp³-hybridized carbons (Fsp3) is 0.417. The molecule has 4 aromatic heterocycles. The molecule has 1 atom stereocenters. The molecule has 8 nitrogen and oxygen atoms in total. The number of hydrogen-bond acceptors (Lipinski definition) is 7. The second kappa shape index (κ2) is 7.41. The maximum Gasteiger partial charge on any atom is 0.238 e. The summed E-state index contributed by atoms with van der Waals surface area (Å²) >= 11 is 1.60. The first-order valence-corrected chi connectivity index (χ1v) is 12.2. The van der Waals surface area contributed by atoms with Crippen molar-refractivity contribution >= 4 is 23.0 Å². The van der Waals surface area contributed by atoms with Crippen LogP contribution in [0.15, 0.2) is 36.1 Å². The van der Waals surface area contributed by atoms with E-state index in [1.807, 2.05) is 29.8 Å². The van der Waals surface area contributed by atoms with E-state index in [-0.39, 0.29) is 5.41 Å². The summed E-state index contributed by atoms with van der Waals surface area (Å²) in [6, 6.07) is 6.26. The Morgan fingerprint density at radius 2 is 2.03 bits per heavy atom. The van der Waals surface area contributed by atoms with E-state index in [1.54, 1.807) is 24.8 Å². The Kier molecular flexibility index (Phi) is 4.58. The molecule has 0 spiro atoms. The van der Waals surface area contributed by atoms with Crippen molar-refractivity contribution in [2.75, 3.05) is 18.6 Å². The number of nitrogens with zero attached hydrogens (tertiary/aromatic N) is 7. The Morgan fingerprint density at radius 1 is 1.18 bits per heavy atom. The largest absolute Gasteiger partial charge is 0.479 e. The summed E-state index contributed by atoms with van der Waals surface area (Å²) in [5, 5.41) is 7.94. The molecule has 0 amide bonds. The molecule has 170 valence electrons. The minimum Gasteiger partial charge on any atom is -0.479 e. The molecule has 33 heavy (non-hydrogen) atoms. The predicted molar refractivity (Wildman–Crippen MR) is 129 cm³/mol. The molecule has 0 N–H and O–H groups in total. The molecule has 5 heterocycles. The highest BCUT2D eigenvalue weighted by Crippen LogP contribution is 2.48. The summed E-state index contributed by atoms with van der Waals surface area (Å²) in [4.78, 5) is 16.3. The van der Waals surface area contributed by atoms with Crippen molar-refractivity contribution in [1.82, 2.24) is 29.3 Å². The van der Waals surface area contributed by atoms with Crippen molar-refractivity contribution in [2.24, 2.45) is 5.92 Å². The van der Waals surface area contributed by atoms with Crippen LogP contribution in [0, 0.1) is 12.8 Å². The second-order valence-corrected chi connectivity index (χ2v) is 10.4. The minimum absolute atomic E-state index is 0.252. The van der Waals surface area contributed by atoms with Crippen LogP contribution < -0.4 is 9.64 Å². The average Bonchev–Trinajstić information content (AvgIpc) is 3.22. The third-order valence-corrected chi connectivity index (χ3v) is 7.50. The van der Waals surface area contributed by atoms with E-state index < -0.39 is 0 Å². The summed E-state index contributed by atoms with van der Waals surface area (Å²) in [5.41, 5.74) is 4.06. The van der Waals surface area contributed by atoms with Gasteiger partial charge in [0, 0.05) is 36.1 Å². The van der Waals surface area contributed by atoms with Crippen molar-refractivity contribution in [3.05, 3.63) is 47.5 Å².